The number of nitrogens with one attached hydrogen (secondary N) is 1. The van der Waals surface area contributed by atoms with Crippen LogP contribution in [0.4, 0.5) is 0 Å². The molecule has 2 N–H and O–H groups in total. The Labute approximate surface area is 154 Å². The number of aliphatic hydroxyl groups is 1. The van der Waals surface area contributed by atoms with Gasteiger partial charge in [-0.25, -0.2) is 0 Å². The van der Waals surface area contributed by atoms with E-state index < -0.39 is 24.0 Å². The third-order valence-electron chi connectivity index (χ3n) is 4.21. The minimum atomic E-state index is -1.06. The van der Waals surface area contributed by atoms with Crippen LogP contribution >= 0.6 is 0 Å². The van der Waals surface area contributed by atoms with Gasteiger partial charge in [-0.15, -0.1) is 0 Å². The Morgan fingerprint density at radius 1 is 1.08 bits per heavy atom. The van der Waals surface area contributed by atoms with E-state index in [1.54, 1.807) is 24.3 Å². The molecule has 5 heteroatoms. The quantitative estimate of drug-likeness (QED) is 0.781. The van der Waals surface area contributed by atoms with Crippen LogP contribution in [0, 0.1) is 20.8 Å². The molecule has 1 amide bonds. The highest BCUT2D eigenvalue weighted by Gasteiger charge is 2.27. The predicted octanol–water partition coefficient (Wildman–Crippen LogP) is 3.07. The van der Waals surface area contributed by atoms with E-state index in [1.807, 2.05) is 39.0 Å². The Bertz CT molecular complexity index is 763. The lowest BCUT2D eigenvalue weighted by Crippen LogP contribution is -2.37. The van der Waals surface area contributed by atoms with Crippen molar-refractivity contribution < 1.29 is 19.4 Å². The van der Waals surface area contributed by atoms with Gasteiger partial charge in [-0.3, -0.25) is 9.59 Å². The smallest absolute Gasteiger partial charge is 0.303 e. The van der Waals surface area contributed by atoms with Crippen molar-refractivity contribution in [1.82, 2.24) is 5.32 Å². The normalized spacial score (nSPS) is 13.0. The maximum Gasteiger partial charge on any atom is 0.303 e. The molecule has 0 fully saturated rings. The number of ether oxygens (including phenoxy) is 1. The van der Waals surface area contributed by atoms with E-state index in [0.29, 0.717) is 5.56 Å². The Balaban J connectivity index is 2.30. The number of benzene rings is 2. The Morgan fingerprint density at radius 3 is 2.15 bits per heavy atom. The van der Waals surface area contributed by atoms with Crippen LogP contribution < -0.4 is 5.32 Å². The number of rotatable bonds is 6. The molecule has 0 aromatic heterocycles. The number of esters is 1. The number of carbonyl (C=O) groups excluding carboxylic acids is 2. The molecule has 0 spiro atoms. The fourth-order valence-electron chi connectivity index (χ4n) is 3.26. The molecular weight excluding hydrogens is 330 g/mol. The van der Waals surface area contributed by atoms with Crippen molar-refractivity contribution >= 4 is 11.9 Å². The third kappa shape index (κ3) is 4.70. The first-order valence-electron chi connectivity index (χ1n) is 8.54. The summed E-state index contributed by atoms with van der Waals surface area (Å²) in [5.74, 6) is -1.01. The van der Waals surface area contributed by atoms with Crippen LogP contribution in [0.15, 0.2) is 42.5 Å². The van der Waals surface area contributed by atoms with Crippen molar-refractivity contribution in [1.29, 1.82) is 0 Å². The highest BCUT2D eigenvalue weighted by molar-refractivity contribution is 5.85. The molecule has 0 radical (unpaired) electrons. The van der Waals surface area contributed by atoms with E-state index in [9.17, 15) is 14.7 Å². The second kappa shape index (κ2) is 8.63. The molecular formula is C21H25NO4. The second-order valence-electron chi connectivity index (χ2n) is 6.46. The van der Waals surface area contributed by atoms with Crippen molar-refractivity contribution in [3.05, 3.63) is 70.3 Å². The number of amides is 1. The molecule has 1 unspecified atom stereocenters. The first kappa shape index (κ1) is 19.7. The zero-order valence-corrected chi connectivity index (χ0v) is 15.6. The molecule has 0 aliphatic rings. The maximum atomic E-state index is 12.8. The minimum Gasteiger partial charge on any atom is -0.447 e. The van der Waals surface area contributed by atoms with Crippen LogP contribution in [0.2, 0.25) is 0 Å². The monoisotopic (exact) mass is 355 g/mol. The van der Waals surface area contributed by atoms with Crippen LogP contribution in [0.1, 0.15) is 46.9 Å². The van der Waals surface area contributed by atoms with E-state index in [0.717, 1.165) is 22.3 Å². The summed E-state index contributed by atoms with van der Waals surface area (Å²) in [7, 11) is 0. The summed E-state index contributed by atoms with van der Waals surface area (Å²) in [6.45, 7) is 6.91. The predicted molar refractivity (Wildman–Crippen MR) is 99.6 cm³/mol. The van der Waals surface area contributed by atoms with Crippen LogP contribution in [0.5, 0.6) is 0 Å². The van der Waals surface area contributed by atoms with Gasteiger partial charge in [0.15, 0.2) is 0 Å². The van der Waals surface area contributed by atoms with Crippen LogP contribution in [-0.4, -0.2) is 23.6 Å². The molecule has 138 valence electrons. The zero-order valence-electron chi connectivity index (χ0n) is 15.6. The average Bonchev–Trinajstić information content (AvgIpc) is 2.58. The molecule has 2 aromatic rings. The van der Waals surface area contributed by atoms with Gasteiger partial charge in [0.25, 0.3) is 5.91 Å². The van der Waals surface area contributed by atoms with Gasteiger partial charge >= 0.3 is 5.97 Å². The summed E-state index contributed by atoms with van der Waals surface area (Å²) in [6, 6.07) is 12.3. The third-order valence-corrected chi connectivity index (χ3v) is 4.21. The lowest BCUT2D eigenvalue weighted by molar-refractivity contribution is -0.154. The summed E-state index contributed by atoms with van der Waals surface area (Å²) in [4.78, 5) is 24.3. The van der Waals surface area contributed by atoms with Crippen LogP contribution in [0.25, 0.3) is 0 Å². The van der Waals surface area contributed by atoms with Crippen molar-refractivity contribution in [2.45, 2.75) is 39.8 Å². The van der Waals surface area contributed by atoms with Gasteiger partial charge in [0.05, 0.1) is 12.6 Å². The summed E-state index contributed by atoms with van der Waals surface area (Å²) in [5.41, 5.74) is 4.56. The van der Waals surface area contributed by atoms with Gasteiger partial charge in [-0.05, 0) is 37.5 Å². The number of hydrogen-bond donors (Lipinski definition) is 2. The first-order valence-corrected chi connectivity index (χ1v) is 8.54. The highest BCUT2D eigenvalue weighted by atomic mass is 16.5. The van der Waals surface area contributed by atoms with Gasteiger partial charge in [-0.1, -0.05) is 48.0 Å². The average molecular weight is 355 g/mol. The molecule has 0 aliphatic carbocycles. The molecule has 0 saturated carbocycles. The molecule has 0 heterocycles. The highest BCUT2D eigenvalue weighted by Crippen LogP contribution is 2.25. The Kier molecular flexibility index (Phi) is 6.52. The molecule has 26 heavy (non-hydrogen) atoms. The molecule has 0 aliphatic heterocycles. The summed E-state index contributed by atoms with van der Waals surface area (Å²) >= 11 is 0. The Hall–Kier alpha value is -2.66. The van der Waals surface area contributed by atoms with E-state index in [1.165, 1.54) is 6.92 Å². The molecule has 5 nitrogen and oxygen atoms in total. The van der Waals surface area contributed by atoms with Crippen LogP contribution in [0.3, 0.4) is 0 Å². The SMILES string of the molecule is CC(=O)O[C@H](C(=O)NC(CO)c1c(C)cc(C)cc1C)c1ccccc1. The van der Waals surface area contributed by atoms with Crippen LogP contribution in [-0.2, 0) is 14.3 Å². The zero-order chi connectivity index (χ0) is 19.3. The van der Waals surface area contributed by atoms with Crippen molar-refractivity contribution in [3.8, 4) is 0 Å². The topological polar surface area (TPSA) is 75.6 Å². The van der Waals surface area contributed by atoms with Crippen molar-refractivity contribution in [2.75, 3.05) is 6.61 Å². The molecule has 2 atom stereocenters. The van der Waals surface area contributed by atoms with E-state index in [4.69, 9.17) is 4.74 Å². The fourth-order valence-corrected chi connectivity index (χ4v) is 3.26. The number of hydrogen-bond acceptors (Lipinski definition) is 4. The van der Waals surface area contributed by atoms with E-state index >= 15 is 0 Å². The maximum absolute atomic E-state index is 12.8. The number of carbonyl (C=O) groups is 2. The van der Waals surface area contributed by atoms with Gasteiger partial charge in [0.2, 0.25) is 6.10 Å². The second-order valence-corrected chi connectivity index (χ2v) is 6.46. The molecule has 0 saturated heterocycles. The van der Waals surface area contributed by atoms with Gasteiger partial charge in [-0.2, -0.15) is 0 Å². The number of aliphatic hydroxyl groups excluding tert-OH is 1. The van der Waals surface area contributed by atoms with Crippen molar-refractivity contribution in [3.63, 3.8) is 0 Å². The molecule has 2 rings (SSSR count). The first-order chi connectivity index (χ1) is 12.3. The summed E-state index contributed by atoms with van der Waals surface area (Å²) in [5, 5.41) is 12.7. The lowest BCUT2D eigenvalue weighted by atomic mass is 9.94. The standard InChI is InChI=1S/C21H25NO4/c1-13-10-14(2)19(15(3)11-13)18(12-23)22-21(25)20(26-16(4)24)17-8-6-5-7-9-17/h5-11,18,20,23H,12H2,1-4H3,(H,22,25)/t18?,20-/m0/s1. The van der Waals surface area contributed by atoms with E-state index in [-0.39, 0.29) is 6.61 Å². The fraction of sp³-hybridized carbons (Fsp3) is 0.333. The molecule has 0 bridgehead atoms. The minimum absolute atomic E-state index is 0.252. The lowest BCUT2D eigenvalue weighted by Gasteiger charge is -2.24. The summed E-state index contributed by atoms with van der Waals surface area (Å²) < 4.78 is 5.23. The largest absolute Gasteiger partial charge is 0.447 e. The van der Waals surface area contributed by atoms with E-state index in [2.05, 4.69) is 5.32 Å². The van der Waals surface area contributed by atoms with Gasteiger partial charge in [0.1, 0.15) is 0 Å². The molecule has 2 aromatic carbocycles. The van der Waals surface area contributed by atoms with Crippen molar-refractivity contribution in [2.24, 2.45) is 0 Å². The van der Waals surface area contributed by atoms with Gasteiger partial charge in [0, 0.05) is 12.5 Å². The Morgan fingerprint density at radius 2 is 1.65 bits per heavy atom. The van der Waals surface area contributed by atoms with Gasteiger partial charge < -0.3 is 15.2 Å². The number of aryl methyl sites for hydroxylation is 3. The summed E-state index contributed by atoms with van der Waals surface area (Å²) in [6.07, 6.45) is -1.06.